The number of methoxy groups -OCH3 is 1. The molecule has 0 saturated heterocycles. The summed E-state index contributed by atoms with van der Waals surface area (Å²) in [6.45, 7) is 4.41. The molecule has 0 N–H and O–H groups in total. The normalized spacial score (nSPS) is 11.0. The molecule has 0 aliphatic carbocycles. The molecular formula is C24H24N4O4. The van der Waals surface area contributed by atoms with Crippen molar-refractivity contribution < 1.29 is 14.1 Å². The SMILES string of the molecule is CCN(Cc1ccccc1)C(=O)Cn1nc(-c2cccc(OC)c2)c2c(C)onc2c1=O. The van der Waals surface area contributed by atoms with Gasteiger partial charge in [-0.15, -0.1) is 0 Å². The van der Waals surface area contributed by atoms with Crippen LogP contribution in [0.2, 0.25) is 0 Å². The smallest absolute Gasteiger partial charge is 0.297 e. The number of nitrogens with zero attached hydrogens (tertiary/aromatic N) is 4. The van der Waals surface area contributed by atoms with E-state index in [1.165, 1.54) is 0 Å². The molecular weight excluding hydrogens is 408 g/mol. The van der Waals surface area contributed by atoms with Crippen LogP contribution in [0.1, 0.15) is 18.2 Å². The van der Waals surface area contributed by atoms with E-state index in [-0.39, 0.29) is 18.0 Å². The molecule has 0 fully saturated rings. The maximum absolute atomic E-state index is 13.1. The zero-order chi connectivity index (χ0) is 22.7. The van der Waals surface area contributed by atoms with Crippen LogP contribution >= 0.6 is 0 Å². The maximum atomic E-state index is 13.1. The van der Waals surface area contributed by atoms with Crippen LogP contribution in [-0.2, 0) is 17.9 Å². The molecule has 0 aliphatic rings. The van der Waals surface area contributed by atoms with Crippen molar-refractivity contribution >= 4 is 16.8 Å². The predicted octanol–water partition coefficient (Wildman–Crippen LogP) is 3.42. The Bertz CT molecular complexity index is 1310. The van der Waals surface area contributed by atoms with Gasteiger partial charge in [0.05, 0.1) is 12.5 Å². The van der Waals surface area contributed by atoms with Gasteiger partial charge in [-0.2, -0.15) is 5.10 Å². The van der Waals surface area contributed by atoms with Gasteiger partial charge in [0, 0.05) is 18.7 Å². The summed E-state index contributed by atoms with van der Waals surface area (Å²) < 4.78 is 11.8. The largest absolute Gasteiger partial charge is 0.497 e. The van der Waals surface area contributed by atoms with E-state index in [1.807, 2.05) is 61.5 Å². The Labute approximate surface area is 185 Å². The quantitative estimate of drug-likeness (QED) is 0.445. The van der Waals surface area contributed by atoms with Gasteiger partial charge in [0.2, 0.25) is 5.91 Å². The number of benzene rings is 2. The van der Waals surface area contributed by atoms with Crippen molar-refractivity contribution in [2.45, 2.75) is 26.9 Å². The number of rotatable bonds is 7. The second kappa shape index (κ2) is 9.05. The molecule has 32 heavy (non-hydrogen) atoms. The van der Waals surface area contributed by atoms with Gasteiger partial charge in [0.1, 0.15) is 23.7 Å². The van der Waals surface area contributed by atoms with Crippen LogP contribution in [0, 0.1) is 6.92 Å². The van der Waals surface area contributed by atoms with Gasteiger partial charge in [0.25, 0.3) is 5.56 Å². The lowest BCUT2D eigenvalue weighted by Gasteiger charge is -2.21. The molecule has 8 nitrogen and oxygen atoms in total. The van der Waals surface area contributed by atoms with E-state index in [2.05, 4.69) is 10.3 Å². The molecule has 0 bridgehead atoms. The molecule has 0 saturated carbocycles. The van der Waals surface area contributed by atoms with Gasteiger partial charge in [-0.05, 0) is 31.5 Å². The summed E-state index contributed by atoms with van der Waals surface area (Å²) in [4.78, 5) is 27.8. The fourth-order valence-electron chi connectivity index (χ4n) is 3.62. The van der Waals surface area contributed by atoms with Crippen molar-refractivity contribution in [1.29, 1.82) is 0 Å². The van der Waals surface area contributed by atoms with Gasteiger partial charge in [-0.3, -0.25) is 9.59 Å². The minimum atomic E-state index is -0.465. The third-order valence-electron chi connectivity index (χ3n) is 5.34. The van der Waals surface area contributed by atoms with Crippen LogP contribution in [0.15, 0.2) is 63.9 Å². The Balaban J connectivity index is 1.73. The third-order valence-corrected chi connectivity index (χ3v) is 5.34. The van der Waals surface area contributed by atoms with Crippen LogP contribution in [0.3, 0.4) is 0 Å². The van der Waals surface area contributed by atoms with E-state index < -0.39 is 5.56 Å². The molecule has 0 spiro atoms. The summed E-state index contributed by atoms with van der Waals surface area (Å²) in [5.41, 5.74) is 1.94. The first-order valence-electron chi connectivity index (χ1n) is 10.3. The lowest BCUT2D eigenvalue weighted by atomic mass is 10.1. The second-order valence-electron chi connectivity index (χ2n) is 7.40. The van der Waals surface area contributed by atoms with Crippen molar-refractivity contribution in [1.82, 2.24) is 19.8 Å². The number of amides is 1. The van der Waals surface area contributed by atoms with Crippen molar-refractivity contribution in [3.05, 3.63) is 76.3 Å². The van der Waals surface area contributed by atoms with Crippen molar-refractivity contribution in [2.75, 3.05) is 13.7 Å². The minimum Gasteiger partial charge on any atom is -0.497 e. The van der Waals surface area contributed by atoms with Gasteiger partial charge < -0.3 is 14.2 Å². The van der Waals surface area contributed by atoms with E-state index >= 15 is 0 Å². The van der Waals surface area contributed by atoms with Gasteiger partial charge >= 0.3 is 0 Å². The second-order valence-corrected chi connectivity index (χ2v) is 7.40. The Kier molecular flexibility index (Phi) is 6.02. The Hall–Kier alpha value is -3.94. The van der Waals surface area contributed by atoms with E-state index in [4.69, 9.17) is 9.26 Å². The standard InChI is InChI=1S/C24H24N4O4/c1-4-27(14-17-9-6-5-7-10-17)20(29)15-28-24(30)23-21(16(2)32-26-23)22(25-28)18-11-8-12-19(13-18)31-3/h5-13H,4,14-15H2,1-3H3. The zero-order valence-corrected chi connectivity index (χ0v) is 18.2. The molecule has 0 aliphatic heterocycles. The highest BCUT2D eigenvalue weighted by molar-refractivity contribution is 5.93. The van der Waals surface area contributed by atoms with Crippen molar-refractivity contribution in [3.8, 4) is 17.0 Å². The summed E-state index contributed by atoms with van der Waals surface area (Å²) in [6.07, 6.45) is 0. The first-order valence-corrected chi connectivity index (χ1v) is 10.3. The van der Waals surface area contributed by atoms with Crippen LogP contribution in [0.4, 0.5) is 0 Å². The predicted molar refractivity (Wildman–Crippen MR) is 120 cm³/mol. The molecule has 8 heteroatoms. The number of ether oxygens (including phenoxy) is 1. The number of aryl methyl sites for hydroxylation is 1. The topological polar surface area (TPSA) is 90.5 Å². The lowest BCUT2D eigenvalue weighted by molar-refractivity contribution is -0.132. The molecule has 0 atom stereocenters. The van der Waals surface area contributed by atoms with E-state index in [1.54, 1.807) is 18.9 Å². The monoisotopic (exact) mass is 432 g/mol. The van der Waals surface area contributed by atoms with E-state index in [0.29, 0.717) is 35.7 Å². The average molecular weight is 432 g/mol. The number of carbonyl (C=O) groups is 1. The van der Waals surface area contributed by atoms with Crippen molar-refractivity contribution in [3.63, 3.8) is 0 Å². The first-order chi connectivity index (χ1) is 15.5. The van der Waals surface area contributed by atoms with E-state index in [0.717, 1.165) is 15.8 Å². The fraction of sp³-hybridized carbons (Fsp3) is 0.250. The van der Waals surface area contributed by atoms with E-state index in [9.17, 15) is 9.59 Å². The summed E-state index contributed by atoms with van der Waals surface area (Å²) >= 11 is 0. The molecule has 2 aromatic carbocycles. The Morgan fingerprint density at radius 3 is 2.66 bits per heavy atom. The molecule has 0 radical (unpaired) electrons. The number of likely N-dealkylation sites (N-methyl/N-ethyl adjacent to an activating group) is 1. The molecule has 2 heterocycles. The number of carbonyl (C=O) groups excluding carboxylic acids is 1. The van der Waals surface area contributed by atoms with Gasteiger partial charge in [-0.1, -0.05) is 47.6 Å². The fourth-order valence-corrected chi connectivity index (χ4v) is 3.62. The minimum absolute atomic E-state index is 0.147. The highest BCUT2D eigenvalue weighted by atomic mass is 16.5. The average Bonchev–Trinajstić information content (AvgIpc) is 3.21. The summed E-state index contributed by atoms with van der Waals surface area (Å²) in [6, 6.07) is 17.1. The molecule has 0 unspecified atom stereocenters. The first kappa shape index (κ1) is 21.3. The summed E-state index contributed by atoms with van der Waals surface area (Å²) in [7, 11) is 1.58. The number of hydrogen-bond donors (Lipinski definition) is 0. The summed E-state index contributed by atoms with van der Waals surface area (Å²) in [5.74, 6) is 0.933. The maximum Gasteiger partial charge on any atom is 0.297 e. The van der Waals surface area contributed by atoms with Crippen LogP contribution in [-0.4, -0.2) is 39.4 Å². The zero-order valence-electron chi connectivity index (χ0n) is 18.2. The Morgan fingerprint density at radius 2 is 1.94 bits per heavy atom. The van der Waals surface area contributed by atoms with Crippen molar-refractivity contribution in [2.24, 2.45) is 0 Å². The molecule has 164 valence electrons. The highest BCUT2D eigenvalue weighted by Gasteiger charge is 2.21. The molecule has 1 amide bonds. The number of hydrogen-bond acceptors (Lipinski definition) is 6. The molecule has 2 aromatic heterocycles. The van der Waals surface area contributed by atoms with Gasteiger partial charge in [0.15, 0.2) is 5.52 Å². The van der Waals surface area contributed by atoms with Gasteiger partial charge in [-0.25, -0.2) is 4.68 Å². The molecule has 4 rings (SSSR count). The third kappa shape index (κ3) is 4.12. The lowest BCUT2D eigenvalue weighted by Crippen LogP contribution is -2.37. The Morgan fingerprint density at radius 1 is 1.16 bits per heavy atom. The number of aromatic nitrogens is 3. The highest BCUT2D eigenvalue weighted by Crippen LogP contribution is 2.29. The van der Waals surface area contributed by atoms with Crippen LogP contribution in [0.25, 0.3) is 22.2 Å². The van der Waals surface area contributed by atoms with Crippen LogP contribution in [0.5, 0.6) is 5.75 Å². The van der Waals surface area contributed by atoms with Crippen LogP contribution < -0.4 is 10.3 Å². The molecule has 4 aromatic rings. The number of fused-ring (bicyclic) bond motifs is 1. The summed E-state index contributed by atoms with van der Waals surface area (Å²) in [5, 5.41) is 9.02.